The Labute approximate surface area is 67.9 Å². The van der Waals surface area contributed by atoms with Gasteiger partial charge in [-0.2, -0.15) is 0 Å². The lowest BCUT2D eigenvalue weighted by molar-refractivity contribution is 0.435. The molecular weight excluding hydrogens is 162 g/mol. The minimum absolute atomic E-state index is 0.123. The Kier molecular flexibility index (Phi) is 2.54. The van der Waals surface area contributed by atoms with Gasteiger partial charge in [0, 0.05) is 12.3 Å². The molecule has 11 heavy (non-hydrogen) atoms. The van der Waals surface area contributed by atoms with Gasteiger partial charge in [-0.3, -0.25) is 0 Å². The molecule has 1 rings (SSSR count). The fourth-order valence-electron chi connectivity index (χ4n) is 1.52. The molecule has 1 aliphatic carbocycles. The summed E-state index contributed by atoms with van der Waals surface area (Å²) in [6.45, 7) is 0. The third-order valence-corrected chi connectivity index (χ3v) is 4.01. The largest absolute Gasteiger partial charge is 0.328 e. The Morgan fingerprint density at radius 1 is 1.18 bits per heavy atom. The van der Waals surface area contributed by atoms with E-state index in [2.05, 4.69) is 0 Å². The summed E-state index contributed by atoms with van der Waals surface area (Å²) in [5, 5.41) is -0.123. The molecule has 0 atom stereocenters. The van der Waals surface area contributed by atoms with Crippen molar-refractivity contribution in [1.82, 2.24) is 0 Å². The van der Waals surface area contributed by atoms with Crippen LogP contribution in [0.5, 0.6) is 0 Å². The van der Waals surface area contributed by atoms with E-state index in [1.54, 1.807) is 0 Å². The number of rotatable bonds is 1. The molecule has 0 saturated heterocycles. The van der Waals surface area contributed by atoms with Crippen LogP contribution in [0.2, 0.25) is 0 Å². The SMILES string of the molecule is CS(=O)(=O)[C@H]1CC[C@@H](N)CC1. The maximum Gasteiger partial charge on any atom is 0.150 e. The first-order valence-corrected chi connectivity index (χ1v) is 5.90. The summed E-state index contributed by atoms with van der Waals surface area (Å²) < 4.78 is 22.1. The van der Waals surface area contributed by atoms with Crippen LogP contribution in [0.1, 0.15) is 25.7 Å². The van der Waals surface area contributed by atoms with Gasteiger partial charge in [0.15, 0.2) is 0 Å². The van der Waals surface area contributed by atoms with Gasteiger partial charge < -0.3 is 5.73 Å². The zero-order valence-corrected chi connectivity index (χ0v) is 7.60. The van der Waals surface area contributed by atoms with Crippen LogP contribution < -0.4 is 5.73 Å². The fraction of sp³-hybridized carbons (Fsp3) is 1.00. The predicted molar refractivity (Wildman–Crippen MR) is 45.1 cm³/mol. The molecule has 0 aliphatic heterocycles. The topological polar surface area (TPSA) is 60.2 Å². The second-order valence-electron chi connectivity index (χ2n) is 3.37. The normalized spacial score (nSPS) is 33.6. The smallest absolute Gasteiger partial charge is 0.150 e. The summed E-state index contributed by atoms with van der Waals surface area (Å²) in [5.41, 5.74) is 5.65. The van der Waals surface area contributed by atoms with Gasteiger partial charge in [0.2, 0.25) is 0 Å². The molecule has 1 aliphatic rings. The molecule has 0 amide bonds. The summed E-state index contributed by atoms with van der Waals surface area (Å²) in [6, 6.07) is 0.230. The van der Waals surface area contributed by atoms with Gasteiger partial charge in [0.05, 0.1) is 5.25 Å². The zero-order chi connectivity index (χ0) is 8.48. The van der Waals surface area contributed by atoms with Crippen LogP contribution in [0, 0.1) is 0 Å². The van der Waals surface area contributed by atoms with Gasteiger partial charge >= 0.3 is 0 Å². The van der Waals surface area contributed by atoms with Gasteiger partial charge in [-0.25, -0.2) is 8.42 Å². The quantitative estimate of drug-likeness (QED) is 0.626. The molecule has 66 valence electrons. The van der Waals surface area contributed by atoms with Crippen molar-refractivity contribution in [2.75, 3.05) is 6.26 Å². The number of hydrogen-bond acceptors (Lipinski definition) is 3. The number of nitrogens with two attached hydrogens (primary N) is 1. The first-order chi connectivity index (χ1) is 5.00. The average molecular weight is 177 g/mol. The highest BCUT2D eigenvalue weighted by molar-refractivity contribution is 7.91. The van der Waals surface area contributed by atoms with E-state index in [0.717, 1.165) is 25.7 Å². The van der Waals surface area contributed by atoms with Crippen LogP contribution in [-0.2, 0) is 9.84 Å². The molecule has 1 fully saturated rings. The van der Waals surface area contributed by atoms with E-state index >= 15 is 0 Å². The van der Waals surface area contributed by atoms with Gasteiger partial charge in [-0.15, -0.1) is 0 Å². The summed E-state index contributed by atoms with van der Waals surface area (Å²) >= 11 is 0. The van der Waals surface area contributed by atoms with E-state index in [9.17, 15) is 8.42 Å². The summed E-state index contributed by atoms with van der Waals surface area (Å²) in [5.74, 6) is 0. The lowest BCUT2D eigenvalue weighted by Gasteiger charge is -2.24. The number of sulfone groups is 1. The van der Waals surface area contributed by atoms with Crippen molar-refractivity contribution >= 4 is 9.84 Å². The Morgan fingerprint density at radius 2 is 1.64 bits per heavy atom. The molecule has 1 saturated carbocycles. The molecule has 0 aromatic heterocycles. The molecule has 0 unspecified atom stereocenters. The standard InChI is InChI=1S/C7H15NO2S/c1-11(9,10)7-4-2-6(8)3-5-7/h6-7H,2-5,8H2,1H3/t6-,7+. The molecule has 0 aromatic carbocycles. The second kappa shape index (κ2) is 3.11. The minimum atomic E-state index is -2.80. The van der Waals surface area contributed by atoms with E-state index in [1.165, 1.54) is 6.26 Å². The highest BCUT2D eigenvalue weighted by atomic mass is 32.2. The van der Waals surface area contributed by atoms with Gasteiger partial charge in [0.1, 0.15) is 9.84 Å². The van der Waals surface area contributed by atoms with Crippen molar-refractivity contribution in [1.29, 1.82) is 0 Å². The molecule has 0 bridgehead atoms. The third kappa shape index (κ3) is 2.45. The highest BCUT2D eigenvalue weighted by Gasteiger charge is 2.25. The molecule has 4 heteroatoms. The maximum atomic E-state index is 11.1. The zero-order valence-electron chi connectivity index (χ0n) is 6.79. The van der Waals surface area contributed by atoms with E-state index in [-0.39, 0.29) is 11.3 Å². The minimum Gasteiger partial charge on any atom is -0.328 e. The lowest BCUT2D eigenvalue weighted by atomic mass is 9.96. The third-order valence-electron chi connectivity index (χ3n) is 2.32. The van der Waals surface area contributed by atoms with Crippen LogP contribution in [0.15, 0.2) is 0 Å². The average Bonchev–Trinajstić information content (AvgIpc) is 1.86. The first-order valence-electron chi connectivity index (χ1n) is 3.94. The number of hydrogen-bond donors (Lipinski definition) is 1. The molecular formula is C7H15NO2S. The van der Waals surface area contributed by atoms with E-state index in [0.29, 0.717) is 0 Å². The molecule has 0 radical (unpaired) electrons. The summed E-state index contributed by atoms with van der Waals surface area (Å²) in [6.07, 6.45) is 4.53. The summed E-state index contributed by atoms with van der Waals surface area (Å²) in [7, 11) is -2.80. The Hall–Kier alpha value is -0.0900. The molecule has 2 N–H and O–H groups in total. The fourth-order valence-corrected chi connectivity index (χ4v) is 2.65. The molecule has 0 heterocycles. The van der Waals surface area contributed by atoms with Gasteiger partial charge in [-0.05, 0) is 25.7 Å². The van der Waals surface area contributed by atoms with Crippen molar-refractivity contribution in [2.45, 2.75) is 37.0 Å². The second-order valence-corrected chi connectivity index (χ2v) is 5.69. The van der Waals surface area contributed by atoms with E-state index in [1.807, 2.05) is 0 Å². The van der Waals surface area contributed by atoms with Crippen LogP contribution in [0.3, 0.4) is 0 Å². The Morgan fingerprint density at radius 3 is 2.00 bits per heavy atom. The molecule has 3 nitrogen and oxygen atoms in total. The van der Waals surface area contributed by atoms with Crippen LogP contribution in [0.4, 0.5) is 0 Å². The Bertz CT molecular complexity index is 215. The molecule has 0 spiro atoms. The van der Waals surface area contributed by atoms with Crippen molar-refractivity contribution in [3.05, 3.63) is 0 Å². The van der Waals surface area contributed by atoms with Crippen molar-refractivity contribution in [3.8, 4) is 0 Å². The van der Waals surface area contributed by atoms with Crippen molar-refractivity contribution in [3.63, 3.8) is 0 Å². The summed E-state index contributed by atoms with van der Waals surface area (Å²) in [4.78, 5) is 0. The van der Waals surface area contributed by atoms with Crippen LogP contribution in [0.25, 0.3) is 0 Å². The van der Waals surface area contributed by atoms with Gasteiger partial charge in [0.25, 0.3) is 0 Å². The highest BCUT2D eigenvalue weighted by Crippen LogP contribution is 2.22. The molecule has 0 aromatic rings. The first kappa shape index (κ1) is 9.00. The monoisotopic (exact) mass is 177 g/mol. The van der Waals surface area contributed by atoms with Crippen LogP contribution in [-0.4, -0.2) is 26.0 Å². The van der Waals surface area contributed by atoms with E-state index in [4.69, 9.17) is 5.73 Å². The lowest BCUT2D eigenvalue weighted by Crippen LogP contribution is -2.32. The van der Waals surface area contributed by atoms with Crippen molar-refractivity contribution < 1.29 is 8.42 Å². The Balaban J connectivity index is 2.53. The van der Waals surface area contributed by atoms with Crippen molar-refractivity contribution in [2.24, 2.45) is 5.73 Å². The van der Waals surface area contributed by atoms with Crippen LogP contribution >= 0.6 is 0 Å². The van der Waals surface area contributed by atoms with E-state index < -0.39 is 9.84 Å². The van der Waals surface area contributed by atoms with Gasteiger partial charge in [-0.1, -0.05) is 0 Å². The predicted octanol–water partition coefficient (Wildman–Crippen LogP) is 0.301. The maximum absolute atomic E-state index is 11.1.